The van der Waals surface area contributed by atoms with Crippen LogP contribution < -0.4 is 10.1 Å². The van der Waals surface area contributed by atoms with E-state index in [0.717, 1.165) is 5.69 Å². The van der Waals surface area contributed by atoms with Crippen molar-refractivity contribution in [2.45, 2.75) is 0 Å². The molecule has 0 aliphatic rings. The van der Waals surface area contributed by atoms with Gasteiger partial charge in [0.15, 0.2) is 5.57 Å². The van der Waals surface area contributed by atoms with E-state index in [1.807, 2.05) is 0 Å². The molecule has 1 aromatic rings. The van der Waals surface area contributed by atoms with Gasteiger partial charge in [0.25, 0.3) is 0 Å². The van der Waals surface area contributed by atoms with Crippen LogP contribution in [-0.4, -0.2) is 19.7 Å². The Hall–Kier alpha value is -2.74. The molecule has 19 heavy (non-hydrogen) atoms. The number of anilines is 1. The molecule has 0 spiro atoms. The summed E-state index contributed by atoms with van der Waals surface area (Å²) >= 11 is 0. The molecule has 0 amide bonds. The average Bonchev–Trinajstić information content (AvgIpc) is 2.46. The summed E-state index contributed by atoms with van der Waals surface area (Å²) in [5.41, 5.74) is 0.622. The lowest BCUT2D eigenvalue weighted by Gasteiger charge is -2.05. The quantitative estimate of drug-likeness (QED) is 0.367. The summed E-state index contributed by atoms with van der Waals surface area (Å²) in [6.45, 7) is 3.99. The summed E-state index contributed by atoms with van der Waals surface area (Å²) in [6, 6.07) is 8.82. The summed E-state index contributed by atoms with van der Waals surface area (Å²) in [4.78, 5) is 11.2. The summed E-state index contributed by atoms with van der Waals surface area (Å²) in [6.07, 6.45) is 2.95. The molecule has 0 bridgehead atoms. The Morgan fingerprint density at radius 1 is 1.47 bits per heavy atom. The molecule has 0 unspecified atom stereocenters. The largest absolute Gasteiger partial charge is 0.490 e. The number of hydrogen-bond donors (Lipinski definition) is 1. The van der Waals surface area contributed by atoms with Gasteiger partial charge >= 0.3 is 5.97 Å². The van der Waals surface area contributed by atoms with E-state index in [2.05, 4.69) is 16.6 Å². The van der Waals surface area contributed by atoms with Crippen LogP contribution in [0.5, 0.6) is 5.75 Å². The number of nitrogens with one attached hydrogen (secondary N) is 1. The van der Waals surface area contributed by atoms with Gasteiger partial charge in [0.05, 0.1) is 7.11 Å². The number of nitriles is 1. The van der Waals surface area contributed by atoms with Gasteiger partial charge in [0.2, 0.25) is 0 Å². The summed E-state index contributed by atoms with van der Waals surface area (Å²) in [7, 11) is 1.22. The third-order valence-corrected chi connectivity index (χ3v) is 2.13. The highest BCUT2D eigenvalue weighted by Crippen LogP contribution is 2.16. The number of benzene rings is 1. The highest BCUT2D eigenvalue weighted by Gasteiger charge is 2.07. The van der Waals surface area contributed by atoms with E-state index >= 15 is 0 Å². The number of hydrogen-bond acceptors (Lipinski definition) is 5. The van der Waals surface area contributed by atoms with Crippen LogP contribution in [0.25, 0.3) is 0 Å². The number of carbonyl (C=O) groups excluding carboxylic acids is 1. The van der Waals surface area contributed by atoms with Crippen molar-refractivity contribution in [3.63, 3.8) is 0 Å². The first-order valence-corrected chi connectivity index (χ1v) is 5.50. The van der Waals surface area contributed by atoms with Gasteiger partial charge < -0.3 is 14.8 Å². The Labute approximate surface area is 111 Å². The van der Waals surface area contributed by atoms with Crippen molar-refractivity contribution < 1.29 is 14.3 Å². The molecule has 0 atom stereocenters. The molecule has 0 saturated carbocycles. The standard InChI is InChI=1S/C14H14N2O3/c1-3-8-19-13-6-4-12(5-7-13)16-10-11(9-15)14(17)18-2/h3-7,10,16H,1,8H2,2H3/b11-10+. The number of methoxy groups -OCH3 is 1. The summed E-state index contributed by atoms with van der Waals surface area (Å²) in [5, 5.41) is 11.6. The lowest BCUT2D eigenvalue weighted by atomic mass is 10.3. The van der Waals surface area contributed by atoms with Gasteiger partial charge in [-0.05, 0) is 24.3 Å². The molecule has 0 aromatic heterocycles. The molecule has 0 fully saturated rings. The normalized spacial score (nSPS) is 10.2. The lowest BCUT2D eigenvalue weighted by Crippen LogP contribution is -2.05. The van der Waals surface area contributed by atoms with Crippen LogP contribution in [0.15, 0.2) is 48.7 Å². The van der Waals surface area contributed by atoms with Crippen molar-refractivity contribution in [1.29, 1.82) is 5.26 Å². The van der Waals surface area contributed by atoms with Gasteiger partial charge in [-0.15, -0.1) is 0 Å². The Kier molecular flexibility index (Phi) is 5.70. The molecule has 0 saturated heterocycles. The van der Waals surface area contributed by atoms with E-state index in [4.69, 9.17) is 10.00 Å². The number of nitrogens with zero attached hydrogens (tertiary/aromatic N) is 1. The van der Waals surface area contributed by atoms with Crippen LogP contribution in [-0.2, 0) is 9.53 Å². The van der Waals surface area contributed by atoms with Crippen molar-refractivity contribution in [2.75, 3.05) is 19.0 Å². The van der Waals surface area contributed by atoms with E-state index in [1.54, 1.807) is 36.4 Å². The minimum atomic E-state index is -0.680. The maximum absolute atomic E-state index is 11.2. The first-order chi connectivity index (χ1) is 9.21. The Balaban J connectivity index is 2.67. The Bertz CT molecular complexity index is 512. The molecule has 5 heteroatoms. The van der Waals surface area contributed by atoms with Crippen LogP contribution in [0.3, 0.4) is 0 Å². The predicted molar refractivity (Wildman–Crippen MR) is 71.5 cm³/mol. The van der Waals surface area contributed by atoms with Gasteiger partial charge in [-0.2, -0.15) is 5.26 Å². The average molecular weight is 258 g/mol. The second kappa shape index (κ2) is 7.56. The van der Waals surface area contributed by atoms with Crippen molar-refractivity contribution in [1.82, 2.24) is 0 Å². The summed E-state index contributed by atoms with van der Waals surface area (Å²) in [5.74, 6) is 0.0313. The second-order valence-corrected chi connectivity index (χ2v) is 3.43. The molecule has 98 valence electrons. The van der Waals surface area contributed by atoms with E-state index in [-0.39, 0.29) is 5.57 Å². The van der Waals surface area contributed by atoms with Crippen molar-refractivity contribution in [3.8, 4) is 11.8 Å². The van der Waals surface area contributed by atoms with Crippen LogP contribution >= 0.6 is 0 Å². The summed E-state index contributed by atoms with van der Waals surface area (Å²) < 4.78 is 9.78. The zero-order valence-electron chi connectivity index (χ0n) is 10.6. The number of ether oxygens (including phenoxy) is 2. The second-order valence-electron chi connectivity index (χ2n) is 3.43. The minimum absolute atomic E-state index is 0.102. The first-order valence-electron chi connectivity index (χ1n) is 5.50. The van der Waals surface area contributed by atoms with Crippen LogP contribution in [0.1, 0.15) is 0 Å². The van der Waals surface area contributed by atoms with Gasteiger partial charge in [-0.25, -0.2) is 4.79 Å². The molecule has 1 rings (SSSR count). The maximum atomic E-state index is 11.2. The van der Waals surface area contributed by atoms with Crippen molar-refractivity contribution >= 4 is 11.7 Å². The number of esters is 1. The van der Waals surface area contributed by atoms with Crippen LogP contribution in [0.2, 0.25) is 0 Å². The molecular weight excluding hydrogens is 244 g/mol. The molecule has 0 radical (unpaired) electrons. The fraction of sp³-hybridized carbons (Fsp3) is 0.143. The van der Waals surface area contributed by atoms with E-state index in [1.165, 1.54) is 13.3 Å². The number of rotatable bonds is 6. The minimum Gasteiger partial charge on any atom is -0.490 e. The highest BCUT2D eigenvalue weighted by molar-refractivity contribution is 5.92. The number of carbonyl (C=O) groups is 1. The lowest BCUT2D eigenvalue weighted by molar-refractivity contribution is -0.135. The Morgan fingerprint density at radius 2 is 2.16 bits per heavy atom. The van der Waals surface area contributed by atoms with E-state index in [0.29, 0.717) is 12.4 Å². The third kappa shape index (κ3) is 4.56. The SMILES string of the molecule is C=CCOc1ccc(N/C=C(\C#N)C(=O)OC)cc1. The molecule has 5 nitrogen and oxygen atoms in total. The molecule has 1 aromatic carbocycles. The zero-order valence-corrected chi connectivity index (χ0v) is 10.6. The zero-order chi connectivity index (χ0) is 14.1. The van der Waals surface area contributed by atoms with Gasteiger partial charge in [-0.3, -0.25) is 0 Å². The van der Waals surface area contributed by atoms with E-state index in [9.17, 15) is 4.79 Å². The predicted octanol–water partition coefficient (Wildman–Crippen LogP) is 2.24. The molecule has 0 aliphatic carbocycles. The smallest absolute Gasteiger partial charge is 0.350 e. The third-order valence-electron chi connectivity index (χ3n) is 2.13. The fourth-order valence-electron chi connectivity index (χ4n) is 1.20. The van der Waals surface area contributed by atoms with Crippen LogP contribution in [0, 0.1) is 11.3 Å². The fourth-order valence-corrected chi connectivity index (χ4v) is 1.20. The van der Waals surface area contributed by atoms with Crippen LogP contribution in [0.4, 0.5) is 5.69 Å². The molecule has 0 aliphatic heterocycles. The first kappa shape index (κ1) is 14.3. The topological polar surface area (TPSA) is 71.3 Å². The monoisotopic (exact) mass is 258 g/mol. The van der Waals surface area contributed by atoms with E-state index < -0.39 is 5.97 Å². The molecule has 1 N–H and O–H groups in total. The van der Waals surface area contributed by atoms with Gasteiger partial charge in [0, 0.05) is 11.9 Å². The van der Waals surface area contributed by atoms with Crippen molar-refractivity contribution in [2.24, 2.45) is 0 Å². The van der Waals surface area contributed by atoms with Gasteiger partial charge in [0.1, 0.15) is 18.4 Å². The molecule has 0 heterocycles. The molecular formula is C14H14N2O3. The van der Waals surface area contributed by atoms with Gasteiger partial charge in [-0.1, -0.05) is 12.7 Å². The Morgan fingerprint density at radius 3 is 2.68 bits per heavy atom. The van der Waals surface area contributed by atoms with Crippen molar-refractivity contribution in [3.05, 3.63) is 48.7 Å². The maximum Gasteiger partial charge on any atom is 0.350 e. The highest BCUT2D eigenvalue weighted by atomic mass is 16.5.